The number of ether oxygens (including phenoxy) is 1. The molecule has 2 heterocycles. The Kier molecular flexibility index (Phi) is 11.2. The Balaban J connectivity index is 0.00000216. The van der Waals surface area contributed by atoms with E-state index in [0.717, 1.165) is 66.5 Å². The van der Waals surface area contributed by atoms with Crippen LogP contribution in [-0.4, -0.2) is 64.2 Å². The molecule has 10 heteroatoms. The summed E-state index contributed by atoms with van der Waals surface area (Å²) in [5, 5.41) is 11.9. The molecule has 1 amide bonds. The van der Waals surface area contributed by atoms with Gasteiger partial charge in [-0.3, -0.25) is 4.79 Å². The second-order valence-corrected chi connectivity index (χ2v) is 13.2. The van der Waals surface area contributed by atoms with Crippen LogP contribution in [0.5, 0.6) is 5.75 Å². The zero-order valence-electron chi connectivity index (χ0n) is 26.7. The van der Waals surface area contributed by atoms with E-state index in [0.29, 0.717) is 23.8 Å². The van der Waals surface area contributed by atoms with Crippen LogP contribution in [0.2, 0.25) is 0 Å². The molecule has 5 rings (SSSR count). The lowest BCUT2D eigenvalue weighted by Gasteiger charge is -2.34. The number of nitrogens with zero attached hydrogens (tertiary/aromatic N) is 4. The van der Waals surface area contributed by atoms with Crippen LogP contribution in [0.1, 0.15) is 62.3 Å². The Morgan fingerprint density at radius 3 is 2.48 bits per heavy atom. The number of nitrogens with two attached hydrogens (primary N) is 1. The lowest BCUT2D eigenvalue weighted by molar-refractivity contribution is -0.134. The number of methoxy groups -OCH3 is 1. The number of piperidine rings is 1. The predicted octanol–water partition coefficient (Wildman–Crippen LogP) is 6.39. The maximum absolute atomic E-state index is 12.7. The molecule has 0 bridgehead atoms. The largest absolute Gasteiger partial charge is 0.495 e. The fourth-order valence-electron chi connectivity index (χ4n) is 5.51. The van der Waals surface area contributed by atoms with E-state index in [4.69, 9.17) is 15.5 Å². The van der Waals surface area contributed by atoms with Crippen LogP contribution in [-0.2, 0) is 4.79 Å². The minimum atomic E-state index is -0.594. The van der Waals surface area contributed by atoms with Gasteiger partial charge >= 0.3 is 0 Å². The van der Waals surface area contributed by atoms with Crippen LogP contribution >= 0.6 is 11.8 Å². The van der Waals surface area contributed by atoms with Gasteiger partial charge in [-0.1, -0.05) is 26.0 Å². The number of rotatable bonds is 9. The van der Waals surface area contributed by atoms with Gasteiger partial charge in [0.1, 0.15) is 12.4 Å². The van der Waals surface area contributed by atoms with E-state index in [1.165, 1.54) is 11.1 Å². The number of carbonyl (C=O) groups is 1. The Labute approximate surface area is 266 Å². The summed E-state index contributed by atoms with van der Waals surface area (Å²) in [6.07, 6.45) is 5.25. The van der Waals surface area contributed by atoms with Crippen molar-refractivity contribution in [2.75, 3.05) is 37.5 Å². The zero-order chi connectivity index (χ0) is 31.9. The van der Waals surface area contributed by atoms with E-state index in [9.17, 15) is 4.79 Å². The quantitative estimate of drug-likeness (QED) is 0.110. The molecule has 1 aliphatic heterocycles. The number of benzene rings is 2. The number of thioether (sulfide) groups is 1. The molecule has 1 saturated heterocycles. The number of aromatic nitrogens is 2. The smallest absolute Gasteiger partial charge is 0.242 e. The zero-order valence-corrected chi connectivity index (χ0v) is 27.5. The maximum Gasteiger partial charge on any atom is 0.242 e. The van der Waals surface area contributed by atoms with E-state index in [1.54, 1.807) is 13.3 Å². The van der Waals surface area contributed by atoms with Crippen molar-refractivity contribution in [3.8, 4) is 5.75 Å². The van der Waals surface area contributed by atoms with Crippen LogP contribution < -0.4 is 21.1 Å². The number of para-hydroxylation sites is 1. The van der Waals surface area contributed by atoms with Crippen LogP contribution in [0.25, 0.3) is 0 Å². The summed E-state index contributed by atoms with van der Waals surface area (Å²) in [5.74, 6) is 1.93. The molecule has 2 aromatic carbocycles. The maximum atomic E-state index is 12.7. The molecule has 0 radical (unpaired) electrons. The molecular formula is C34H47N7O2S. The highest BCUT2D eigenvalue weighted by molar-refractivity contribution is 8.00. The number of nitrogens with one attached hydrogen (secondary N) is 2. The van der Waals surface area contributed by atoms with Crippen molar-refractivity contribution in [3.05, 3.63) is 78.6 Å². The van der Waals surface area contributed by atoms with E-state index >= 15 is 0 Å². The van der Waals surface area contributed by atoms with Crippen LogP contribution in [0.3, 0.4) is 0 Å². The normalized spacial score (nSPS) is 16.2. The molecule has 9 nitrogen and oxygen atoms in total. The van der Waals surface area contributed by atoms with E-state index in [2.05, 4.69) is 80.0 Å². The number of hydrogen-bond acceptors (Lipinski definition) is 7. The minimum Gasteiger partial charge on any atom is -0.495 e. The molecule has 1 saturated carbocycles. The number of anilines is 2. The first kappa shape index (κ1) is 33.1. The van der Waals surface area contributed by atoms with Crippen molar-refractivity contribution in [1.82, 2.24) is 14.7 Å². The first-order valence-electron chi connectivity index (χ1n) is 15.3. The van der Waals surface area contributed by atoms with Gasteiger partial charge in [0.2, 0.25) is 11.9 Å². The minimum absolute atomic E-state index is 0.122. The first-order valence-corrected chi connectivity index (χ1v) is 16.2. The number of aliphatic imine (C=N–C) groups is 1. The molecule has 1 aromatic heterocycles. The van der Waals surface area contributed by atoms with Crippen molar-refractivity contribution in [1.29, 1.82) is 0 Å². The third kappa shape index (κ3) is 7.84. The third-order valence-corrected chi connectivity index (χ3v) is 9.13. The number of amides is 1. The predicted molar refractivity (Wildman–Crippen MR) is 183 cm³/mol. The summed E-state index contributed by atoms with van der Waals surface area (Å²) in [6.45, 7) is 16.4. The van der Waals surface area contributed by atoms with Gasteiger partial charge < -0.3 is 26.0 Å². The SMILES string of the molecule is C=C.COc1cc(C2CCN(C(=O)C3(N)CC3)CC2)c(C)cc1NC/N=C(/Nc1ccccc1SC(C)C)n1nccc1C. The number of carbonyl (C=O) groups excluding carboxylic acids is 1. The fraction of sp³-hybridized carbons (Fsp3) is 0.441. The van der Waals surface area contributed by atoms with Crippen LogP contribution in [0.4, 0.5) is 11.4 Å². The number of aryl methyl sites for hydroxylation is 2. The number of likely N-dealkylation sites (tertiary alicyclic amines) is 1. The average molecular weight is 618 g/mol. The molecule has 1 aliphatic carbocycles. The van der Waals surface area contributed by atoms with E-state index in [-0.39, 0.29) is 5.91 Å². The summed E-state index contributed by atoms with van der Waals surface area (Å²) >= 11 is 1.81. The number of hydrogen-bond donors (Lipinski definition) is 3. The molecule has 0 atom stereocenters. The molecule has 236 valence electrons. The van der Waals surface area contributed by atoms with Crippen molar-refractivity contribution < 1.29 is 9.53 Å². The summed E-state index contributed by atoms with van der Waals surface area (Å²) in [4.78, 5) is 20.7. The monoisotopic (exact) mass is 617 g/mol. The molecule has 3 aromatic rings. The molecule has 44 heavy (non-hydrogen) atoms. The summed E-state index contributed by atoms with van der Waals surface area (Å²) in [5.41, 5.74) is 10.9. The third-order valence-electron chi connectivity index (χ3n) is 8.05. The van der Waals surface area contributed by atoms with Gasteiger partial charge in [0.05, 0.1) is 24.0 Å². The molecule has 0 spiro atoms. The van der Waals surface area contributed by atoms with E-state index in [1.807, 2.05) is 40.4 Å². The highest BCUT2D eigenvalue weighted by Gasteiger charge is 2.48. The standard InChI is InChI=1S/C32H43N7O2S.C2H4/c1-21(2)42-29-9-7-6-8-26(29)37-31(39-23(4)10-15-36-39)35-20-34-27-18-22(3)25(19-28(27)41-5)24-11-16-38(17-12-24)30(40)32(33)13-14-32;1-2/h6-10,15,18-19,21,24,34H,11-14,16-17,20,33H2,1-5H3,(H,35,37);1-2H2. The Bertz CT molecular complexity index is 1460. The summed E-state index contributed by atoms with van der Waals surface area (Å²) in [7, 11) is 1.70. The van der Waals surface area contributed by atoms with Gasteiger partial charge in [-0.05, 0) is 86.9 Å². The van der Waals surface area contributed by atoms with Crippen LogP contribution in [0, 0.1) is 13.8 Å². The Morgan fingerprint density at radius 2 is 1.86 bits per heavy atom. The van der Waals surface area contributed by atoms with Crippen molar-refractivity contribution >= 4 is 35.0 Å². The van der Waals surface area contributed by atoms with Crippen molar-refractivity contribution in [2.45, 2.75) is 75.0 Å². The van der Waals surface area contributed by atoms with Gasteiger partial charge in [-0.2, -0.15) is 5.10 Å². The summed E-state index contributed by atoms with van der Waals surface area (Å²) < 4.78 is 7.63. The Morgan fingerprint density at radius 1 is 1.16 bits per heavy atom. The topological polar surface area (TPSA) is 110 Å². The fourth-order valence-corrected chi connectivity index (χ4v) is 6.42. The Hall–Kier alpha value is -3.76. The summed E-state index contributed by atoms with van der Waals surface area (Å²) in [6, 6.07) is 14.5. The van der Waals surface area contributed by atoms with Gasteiger partial charge in [-0.25, -0.2) is 9.67 Å². The van der Waals surface area contributed by atoms with Crippen molar-refractivity contribution in [2.24, 2.45) is 10.7 Å². The molecule has 2 fully saturated rings. The van der Waals surface area contributed by atoms with Gasteiger partial charge in [0.15, 0.2) is 0 Å². The lowest BCUT2D eigenvalue weighted by Crippen LogP contribution is -2.48. The van der Waals surface area contributed by atoms with Crippen LogP contribution in [0.15, 0.2) is 71.7 Å². The molecular weight excluding hydrogens is 570 g/mol. The molecule has 4 N–H and O–H groups in total. The second-order valence-electron chi connectivity index (χ2n) is 11.6. The molecule has 2 aliphatic rings. The lowest BCUT2D eigenvalue weighted by atomic mass is 9.86. The highest BCUT2D eigenvalue weighted by Crippen LogP contribution is 2.39. The molecule has 0 unspecified atom stereocenters. The van der Waals surface area contributed by atoms with Crippen molar-refractivity contribution in [3.63, 3.8) is 0 Å². The van der Waals surface area contributed by atoms with E-state index < -0.39 is 5.54 Å². The van der Waals surface area contributed by atoms with Gasteiger partial charge in [0, 0.05) is 35.1 Å². The van der Waals surface area contributed by atoms with Gasteiger partial charge in [-0.15, -0.1) is 24.9 Å². The highest BCUT2D eigenvalue weighted by atomic mass is 32.2. The van der Waals surface area contributed by atoms with Gasteiger partial charge in [0.25, 0.3) is 0 Å². The second kappa shape index (κ2) is 14.8. The average Bonchev–Trinajstić information content (AvgIpc) is 3.64. The first-order chi connectivity index (χ1) is 21.2.